The van der Waals surface area contributed by atoms with E-state index in [1.54, 1.807) is 4.68 Å². The lowest BCUT2D eigenvalue weighted by molar-refractivity contribution is 0.544. The smallest absolute Gasteiger partial charge is 0.155 e. The second-order valence-corrected chi connectivity index (χ2v) is 3.76. The van der Waals surface area contributed by atoms with Crippen LogP contribution in [-0.2, 0) is 7.05 Å². The molecule has 0 fully saturated rings. The van der Waals surface area contributed by atoms with Gasteiger partial charge in [-0.1, -0.05) is 0 Å². The van der Waals surface area contributed by atoms with E-state index < -0.39 is 0 Å². The fraction of sp³-hybridized carbons (Fsp3) is 0.222. The normalized spacial score (nSPS) is 10.7. The number of hydrogen-bond donors (Lipinski definition) is 0. The molecular formula is C9H9BrN2O. The van der Waals surface area contributed by atoms with Gasteiger partial charge in [-0.3, -0.25) is 4.68 Å². The first-order valence-electron chi connectivity index (χ1n) is 3.93. The minimum absolute atomic E-state index is 0.796. The summed E-state index contributed by atoms with van der Waals surface area (Å²) in [5.74, 6) is 1.69. The first kappa shape index (κ1) is 8.56. The van der Waals surface area contributed by atoms with E-state index in [1.807, 2.05) is 32.3 Å². The molecule has 68 valence electrons. The van der Waals surface area contributed by atoms with Crippen LogP contribution >= 0.6 is 15.9 Å². The van der Waals surface area contributed by atoms with Crippen LogP contribution in [-0.4, -0.2) is 9.78 Å². The van der Waals surface area contributed by atoms with Gasteiger partial charge in [0.1, 0.15) is 11.5 Å². The molecule has 2 aromatic heterocycles. The summed E-state index contributed by atoms with van der Waals surface area (Å²) in [4.78, 5) is 0. The summed E-state index contributed by atoms with van der Waals surface area (Å²) in [6.07, 6.45) is 1.90. The van der Waals surface area contributed by atoms with Crippen LogP contribution in [0.5, 0.6) is 0 Å². The molecule has 0 N–H and O–H groups in total. The van der Waals surface area contributed by atoms with E-state index in [9.17, 15) is 0 Å². The molecule has 3 nitrogen and oxygen atoms in total. The number of halogens is 1. The Morgan fingerprint density at radius 3 is 2.69 bits per heavy atom. The van der Waals surface area contributed by atoms with Gasteiger partial charge in [0.2, 0.25) is 0 Å². The van der Waals surface area contributed by atoms with Crippen molar-refractivity contribution in [3.63, 3.8) is 0 Å². The highest BCUT2D eigenvalue weighted by molar-refractivity contribution is 9.10. The summed E-state index contributed by atoms with van der Waals surface area (Å²) in [6.45, 7) is 1.92. The maximum atomic E-state index is 5.46. The minimum atomic E-state index is 0.796. The molecule has 0 atom stereocenters. The van der Waals surface area contributed by atoms with Gasteiger partial charge in [0.15, 0.2) is 5.76 Å². The first-order chi connectivity index (χ1) is 6.16. The zero-order valence-electron chi connectivity index (χ0n) is 7.41. The summed E-state index contributed by atoms with van der Waals surface area (Å²) in [5, 5.41) is 4.27. The zero-order chi connectivity index (χ0) is 9.42. The van der Waals surface area contributed by atoms with Crippen LogP contribution in [0.2, 0.25) is 0 Å². The average Bonchev–Trinajstić information content (AvgIpc) is 2.58. The number of rotatable bonds is 1. The van der Waals surface area contributed by atoms with Gasteiger partial charge in [0, 0.05) is 13.2 Å². The Hall–Kier alpha value is -1.03. The Morgan fingerprint density at radius 1 is 1.46 bits per heavy atom. The van der Waals surface area contributed by atoms with Gasteiger partial charge in [-0.05, 0) is 35.0 Å². The molecule has 0 amide bonds. The van der Waals surface area contributed by atoms with Gasteiger partial charge in [0.25, 0.3) is 0 Å². The van der Waals surface area contributed by atoms with Crippen LogP contribution in [0.3, 0.4) is 0 Å². The van der Waals surface area contributed by atoms with Crippen molar-refractivity contribution in [3.05, 3.63) is 28.6 Å². The van der Waals surface area contributed by atoms with Crippen LogP contribution in [0.1, 0.15) is 5.76 Å². The predicted molar refractivity (Wildman–Crippen MR) is 53.3 cm³/mol. The van der Waals surface area contributed by atoms with Crippen molar-refractivity contribution in [2.75, 3.05) is 0 Å². The molecule has 0 saturated heterocycles. The molecule has 0 saturated carbocycles. The second-order valence-electron chi connectivity index (χ2n) is 2.91. The maximum absolute atomic E-state index is 5.46. The minimum Gasteiger partial charge on any atom is -0.460 e. The van der Waals surface area contributed by atoms with Crippen LogP contribution in [0.15, 0.2) is 27.2 Å². The van der Waals surface area contributed by atoms with Gasteiger partial charge in [-0.2, -0.15) is 5.10 Å². The Kier molecular flexibility index (Phi) is 2.00. The number of nitrogens with zero attached hydrogens (tertiary/aromatic N) is 2. The van der Waals surface area contributed by atoms with Gasteiger partial charge in [-0.15, -0.1) is 0 Å². The van der Waals surface area contributed by atoms with Crippen molar-refractivity contribution in [1.82, 2.24) is 9.78 Å². The van der Waals surface area contributed by atoms with Crippen LogP contribution in [0, 0.1) is 6.92 Å². The van der Waals surface area contributed by atoms with Crippen LogP contribution in [0.25, 0.3) is 11.5 Å². The third-order valence-corrected chi connectivity index (χ3v) is 2.34. The molecule has 0 aliphatic carbocycles. The molecule has 2 heterocycles. The van der Waals surface area contributed by atoms with E-state index in [1.165, 1.54) is 0 Å². The fourth-order valence-electron chi connectivity index (χ4n) is 1.19. The van der Waals surface area contributed by atoms with Crippen molar-refractivity contribution in [1.29, 1.82) is 0 Å². The molecule has 13 heavy (non-hydrogen) atoms. The Balaban J connectivity index is 2.51. The van der Waals surface area contributed by atoms with Crippen molar-refractivity contribution in [2.24, 2.45) is 7.05 Å². The number of hydrogen-bond acceptors (Lipinski definition) is 2. The van der Waals surface area contributed by atoms with Crippen molar-refractivity contribution >= 4 is 15.9 Å². The summed E-state index contributed by atoms with van der Waals surface area (Å²) in [7, 11) is 1.88. The standard InChI is InChI=1S/C9H9BrN2O/c1-6-3-4-8(13-6)9-7(10)5-12(2)11-9/h3-5H,1-2H3. The lowest BCUT2D eigenvalue weighted by atomic mass is 10.3. The molecule has 2 aromatic rings. The molecule has 0 bridgehead atoms. The van der Waals surface area contributed by atoms with Crippen molar-refractivity contribution in [3.8, 4) is 11.5 Å². The quantitative estimate of drug-likeness (QED) is 0.768. The molecule has 0 aromatic carbocycles. The monoisotopic (exact) mass is 240 g/mol. The highest BCUT2D eigenvalue weighted by Crippen LogP contribution is 2.27. The lowest BCUT2D eigenvalue weighted by Gasteiger charge is -1.90. The second kappa shape index (κ2) is 3.03. The molecule has 0 radical (unpaired) electrons. The number of aryl methyl sites for hydroxylation is 2. The third kappa shape index (κ3) is 1.54. The average molecular weight is 241 g/mol. The van der Waals surface area contributed by atoms with E-state index in [0.29, 0.717) is 0 Å². The largest absolute Gasteiger partial charge is 0.460 e. The van der Waals surface area contributed by atoms with E-state index in [2.05, 4.69) is 21.0 Å². The van der Waals surface area contributed by atoms with Crippen LogP contribution in [0.4, 0.5) is 0 Å². The molecule has 4 heteroatoms. The first-order valence-corrected chi connectivity index (χ1v) is 4.72. The van der Waals surface area contributed by atoms with Gasteiger partial charge >= 0.3 is 0 Å². The molecule has 0 aliphatic heterocycles. The van der Waals surface area contributed by atoms with Crippen molar-refractivity contribution < 1.29 is 4.42 Å². The summed E-state index contributed by atoms with van der Waals surface area (Å²) >= 11 is 3.42. The Morgan fingerprint density at radius 2 is 2.23 bits per heavy atom. The third-order valence-electron chi connectivity index (χ3n) is 1.76. The molecular weight excluding hydrogens is 232 g/mol. The van der Waals surface area contributed by atoms with Gasteiger partial charge < -0.3 is 4.42 Å². The maximum Gasteiger partial charge on any atom is 0.155 e. The number of furan rings is 1. The fourth-order valence-corrected chi connectivity index (χ4v) is 1.76. The Bertz CT molecular complexity index is 431. The molecule has 0 unspecified atom stereocenters. The summed E-state index contributed by atoms with van der Waals surface area (Å²) in [5.41, 5.74) is 0.843. The highest BCUT2D eigenvalue weighted by Gasteiger charge is 2.10. The topological polar surface area (TPSA) is 31.0 Å². The number of aromatic nitrogens is 2. The van der Waals surface area contributed by atoms with E-state index in [-0.39, 0.29) is 0 Å². The van der Waals surface area contributed by atoms with E-state index in [0.717, 1.165) is 21.7 Å². The molecule has 2 rings (SSSR count). The van der Waals surface area contributed by atoms with Gasteiger partial charge in [0.05, 0.1) is 4.47 Å². The van der Waals surface area contributed by atoms with Gasteiger partial charge in [-0.25, -0.2) is 0 Å². The van der Waals surface area contributed by atoms with E-state index >= 15 is 0 Å². The van der Waals surface area contributed by atoms with E-state index in [4.69, 9.17) is 4.42 Å². The molecule has 0 spiro atoms. The summed E-state index contributed by atoms with van der Waals surface area (Å²) < 4.78 is 8.15. The van der Waals surface area contributed by atoms with Crippen molar-refractivity contribution in [2.45, 2.75) is 6.92 Å². The molecule has 0 aliphatic rings. The SMILES string of the molecule is Cc1ccc(-c2nn(C)cc2Br)o1. The lowest BCUT2D eigenvalue weighted by Crippen LogP contribution is -1.86. The predicted octanol–water partition coefficient (Wildman–Crippen LogP) is 2.75. The van der Waals surface area contributed by atoms with Crippen LogP contribution < -0.4 is 0 Å². The highest BCUT2D eigenvalue weighted by atomic mass is 79.9. The zero-order valence-corrected chi connectivity index (χ0v) is 9.00. The Labute approximate surface area is 84.5 Å². The summed E-state index contributed by atoms with van der Waals surface area (Å²) in [6, 6.07) is 3.85.